The SMILES string of the molecule is CCCN1CCC[C@@H]2c3cccc4c3c(c(SCc3ccccc3)n4NC(=O)N(CC)CC)C[C@H]21. The Kier molecular flexibility index (Phi) is 7.40. The summed E-state index contributed by atoms with van der Waals surface area (Å²) in [5.74, 6) is 1.46. The molecule has 2 aromatic carbocycles. The highest BCUT2D eigenvalue weighted by Gasteiger charge is 2.39. The lowest BCUT2D eigenvalue weighted by Crippen LogP contribution is -2.47. The van der Waals surface area contributed by atoms with E-state index in [2.05, 4.69) is 70.5 Å². The fraction of sp³-hybridized carbons (Fsp3) is 0.483. The third-order valence-corrected chi connectivity index (χ3v) is 8.95. The molecule has 0 spiro atoms. The Morgan fingerprint density at radius 2 is 1.89 bits per heavy atom. The Hall–Kier alpha value is -2.44. The molecular weight excluding hydrogens is 452 g/mol. The topological polar surface area (TPSA) is 40.5 Å². The first-order valence-electron chi connectivity index (χ1n) is 13.3. The van der Waals surface area contributed by atoms with E-state index >= 15 is 0 Å². The summed E-state index contributed by atoms with van der Waals surface area (Å²) in [5.41, 5.74) is 8.62. The molecule has 2 amide bonds. The van der Waals surface area contributed by atoms with E-state index in [9.17, 15) is 4.79 Å². The van der Waals surface area contributed by atoms with Gasteiger partial charge in [0.2, 0.25) is 0 Å². The van der Waals surface area contributed by atoms with Gasteiger partial charge in [-0.1, -0.05) is 49.4 Å². The summed E-state index contributed by atoms with van der Waals surface area (Å²) in [4.78, 5) is 17.8. The molecular formula is C29H38N4OS. The van der Waals surface area contributed by atoms with Gasteiger partial charge in [-0.15, -0.1) is 11.8 Å². The number of hydrogen-bond donors (Lipinski definition) is 1. The maximum Gasteiger partial charge on any atom is 0.336 e. The van der Waals surface area contributed by atoms with Gasteiger partial charge < -0.3 is 4.90 Å². The number of carbonyl (C=O) groups excluding carboxylic acids is 1. The number of fused-ring (bicyclic) bond motifs is 2. The summed E-state index contributed by atoms with van der Waals surface area (Å²) in [6.07, 6.45) is 4.77. The third kappa shape index (κ3) is 4.58. The molecule has 6 heteroatoms. The smallest absolute Gasteiger partial charge is 0.324 e. The van der Waals surface area contributed by atoms with Crippen LogP contribution in [-0.4, -0.2) is 52.7 Å². The number of likely N-dealkylation sites (tertiary alicyclic amines) is 1. The van der Waals surface area contributed by atoms with Crippen molar-refractivity contribution in [1.82, 2.24) is 14.5 Å². The average molecular weight is 491 g/mol. The minimum Gasteiger partial charge on any atom is -0.324 e. The number of hydrogen-bond acceptors (Lipinski definition) is 3. The molecule has 3 aromatic rings. The summed E-state index contributed by atoms with van der Waals surface area (Å²) >= 11 is 1.85. The fourth-order valence-electron chi connectivity index (χ4n) is 6.12. The molecule has 0 radical (unpaired) electrons. The molecule has 2 atom stereocenters. The lowest BCUT2D eigenvalue weighted by molar-refractivity contribution is 0.123. The van der Waals surface area contributed by atoms with Crippen molar-refractivity contribution in [2.75, 3.05) is 31.6 Å². The number of carbonyl (C=O) groups is 1. The lowest BCUT2D eigenvalue weighted by Gasteiger charge is -2.44. The minimum atomic E-state index is -0.0327. The molecule has 1 saturated heterocycles. The number of nitrogens with zero attached hydrogens (tertiary/aromatic N) is 3. The standard InChI is InChI=1S/C29H38N4OS/c1-4-17-32-18-11-15-22-23-14-10-16-25-27(23)24(19-26(22)32)28(35-20-21-12-8-7-9-13-21)33(25)30-29(34)31(5-2)6-3/h7-10,12-14,16,22,26H,4-6,11,15,17-20H2,1-3H3,(H,30,34)/t22-,26-/m1/s1. The van der Waals surface area contributed by atoms with Crippen LogP contribution in [0.3, 0.4) is 0 Å². The van der Waals surface area contributed by atoms with Crippen molar-refractivity contribution in [2.24, 2.45) is 0 Å². The Bertz CT molecular complexity index is 1170. The Labute approximate surface area is 213 Å². The van der Waals surface area contributed by atoms with Crippen LogP contribution in [0, 0.1) is 0 Å². The van der Waals surface area contributed by atoms with Gasteiger partial charge >= 0.3 is 6.03 Å². The number of piperidine rings is 1. The first-order valence-corrected chi connectivity index (χ1v) is 14.3. The van der Waals surface area contributed by atoms with Crippen LogP contribution in [0.15, 0.2) is 53.6 Å². The second kappa shape index (κ2) is 10.7. The first-order chi connectivity index (χ1) is 17.2. The van der Waals surface area contributed by atoms with Gasteiger partial charge in [-0.05, 0) is 75.4 Å². The highest BCUT2D eigenvalue weighted by molar-refractivity contribution is 7.98. The number of thioether (sulfide) groups is 1. The molecule has 5 rings (SSSR count). The van der Waals surface area contributed by atoms with E-state index in [0.717, 1.165) is 17.7 Å². The summed E-state index contributed by atoms with van der Waals surface area (Å²) in [6, 6.07) is 17.9. The zero-order valence-electron chi connectivity index (χ0n) is 21.3. The molecule has 2 heterocycles. The maximum absolute atomic E-state index is 13.2. The molecule has 1 aliphatic carbocycles. The Balaban J connectivity index is 1.60. The predicted octanol–water partition coefficient (Wildman–Crippen LogP) is 6.45. The van der Waals surface area contributed by atoms with Gasteiger partial charge in [0.25, 0.3) is 0 Å². The molecule has 2 aliphatic rings. The van der Waals surface area contributed by atoms with Crippen LogP contribution in [-0.2, 0) is 12.2 Å². The number of benzene rings is 2. The summed E-state index contributed by atoms with van der Waals surface area (Å²) in [5, 5.41) is 2.57. The van der Waals surface area contributed by atoms with Gasteiger partial charge in [-0.25, -0.2) is 14.9 Å². The van der Waals surface area contributed by atoms with Gasteiger partial charge in [-0.2, -0.15) is 0 Å². The Morgan fingerprint density at radius 3 is 2.63 bits per heavy atom. The highest BCUT2D eigenvalue weighted by atomic mass is 32.2. The van der Waals surface area contributed by atoms with Gasteiger partial charge in [0.1, 0.15) is 5.03 Å². The van der Waals surface area contributed by atoms with Crippen molar-refractivity contribution in [3.8, 4) is 0 Å². The number of amides is 2. The number of rotatable bonds is 8. The molecule has 1 aliphatic heterocycles. The molecule has 0 bridgehead atoms. The summed E-state index contributed by atoms with van der Waals surface area (Å²) in [6.45, 7) is 10.1. The fourth-order valence-corrected chi connectivity index (χ4v) is 7.25. The van der Waals surface area contributed by atoms with Crippen molar-refractivity contribution in [3.63, 3.8) is 0 Å². The molecule has 0 unspecified atom stereocenters. The third-order valence-electron chi connectivity index (χ3n) is 7.77. The van der Waals surface area contributed by atoms with Crippen LogP contribution in [0.2, 0.25) is 0 Å². The second-order valence-corrected chi connectivity index (χ2v) is 10.7. The van der Waals surface area contributed by atoms with Crippen LogP contribution in [0.25, 0.3) is 10.9 Å². The van der Waals surface area contributed by atoms with E-state index in [1.165, 1.54) is 59.5 Å². The lowest BCUT2D eigenvalue weighted by atomic mass is 9.75. The minimum absolute atomic E-state index is 0.0327. The van der Waals surface area contributed by atoms with Crippen molar-refractivity contribution >= 4 is 28.7 Å². The van der Waals surface area contributed by atoms with E-state index in [1.807, 2.05) is 30.5 Å². The van der Waals surface area contributed by atoms with Gasteiger partial charge in [-0.3, -0.25) is 4.90 Å². The molecule has 1 N–H and O–H groups in total. The second-order valence-electron chi connectivity index (χ2n) is 9.78. The monoisotopic (exact) mass is 490 g/mol. The number of nitrogens with one attached hydrogen (secondary N) is 1. The van der Waals surface area contributed by atoms with Crippen molar-refractivity contribution in [2.45, 2.75) is 69.2 Å². The summed E-state index contributed by atoms with van der Waals surface area (Å²) < 4.78 is 2.10. The molecule has 186 valence electrons. The molecule has 0 saturated carbocycles. The van der Waals surface area contributed by atoms with Crippen molar-refractivity contribution in [3.05, 3.63) is 65.2 Å². The number of aromatic nitrogens is 1. The van der Waals surface area contributed by atoms with Gasteiger partial charge in [0.15, 0.2) is 0 Å². The van der Waals surface area contributed by atoms with Crippen LogP contribution in [0.1, 0.15) is 62.6 Å². The molecule has 5 nitrogen and oxygen atoms in total. The highest BCUT2D eigenvalue weighted by Crippen LogP contribution is 2.47. The predicted molar refractivity (Wildman–Crippen MR) is 147 cm³/mol. The quantitative estimate of drug-likeness (QED) is 0.369. The van der Waals surface area contributed by atoms with E-state index in [-0.39, 0.29) is 6.03 Å². The van der Waals surface area contributed by atoms with E-state index in [1.54, 1.807) is 0 Å². The number of urea groups is 1. The van der Waals surface area contributed by atoms with Crippen LogP contribution in [0.4, 0.5) is 4.79 Å². The zero-order chi connectivity index (χ0) is 24.4. The zero-order valence-corrected chi connectivity index (χ0v) is 22.1. The first kappa shape index (κ1) is 24.3. The van der Waals surface area contributed by atoms with Crippen LogP contribution in [0.5, 0.6) is 0 Å². The largest absolute Gasteiger partial charge is 0.336 e. The van der Waals surface area contributed by atoms with Crippen LogP contribution >= 0.6 is 11.8 Å². The average Bonchev–Trinajstić information content (AvgIpc) is 3.18. The molecule has 1 fully saturated rings. The maximum atomic E-state index is 13.2. The van der Waals surface area contributed by atoms with E-state index in [4.69, 9.17) is 0 Å². The van der Waals surface area contributed by atoms with Crippen molar-refractivity contribution < 1.29 is 4.79 Å². The van der Waals surface area contributed by atoms with Gasteiger partial charge in [0.05, 0.1) is 5.52 Å². The molecule has 1 aromatic heterocycles. The van der Waals surface area contributed by atoms with Gasteiger partial charge in [0, 0.05) is 36.2 Å². The normalized spacial score (nSPS) is 19.5. The van der Waals surface area contributed by atoms with Crippen LogP contribution < -0.4 is 5.43 Å². The van der Waals surface area contributed by atoms with E-state index < -0.39 is 0 Å². The summed E-state index contributed by atoms with van der Waals surface area (Å²) in [7, 11) is 0. The molecule has 35 heavy (non-hydrogen) atoms. The van der Waals surface area contributed by atoms with E-state index in [0.29, 0.717) is 25.0 Å². The Morgan fingerprint density at radius 1 is 1.09 bits per heavy atom. The van der Waals surface area contributed by atoms with Crippen molar-refractivity contribution in [1.29, 1.82) is 0 Å².